The number of hydrogen-bond donors (Lipinski definition) is 0. The second-order valence-corrected chi connectivity index (χ2v) is 9.43. The Morgan fingerprint density at radius 3 is 2.37 bits per heavy atom. The Balaban J connectivity index is 1.83. The van der Waals surface area contributed by atoms with Crippen LogP contribution in [-0.2, 0) is 16.6 Å². The minimum absolute atomic E-state index is 0.317. The molecular weight excluding hydrogens is 366 g/mol. The highest BCUT2D eigenvalue weighted by Crippen LogP contribution is 2.41. The summed E-state index contributed by atoms with van der Waals surface area (Å²) in [6, 6.07) is 0. The molecule has 0 spiro atoms. The molecule has 0 N–H and O–H groups in total. The van der Waals surface area contributed by atoms with Gasteiger partial charge in [-0.3, -0.25) is 0 Å². The van der Waals surface area contributed by atoms with E-state index >= 15 is 0 Å². The molecule has 8 nitrogen and oxygen atoms in total. The van der Waals surface area contributed by atoms with Gasteiger partial charge in [0, 0.05) is 50.0 Å². The predicted octanol–water partition coefficient (Wildman–Crippen LogP) is 1.99. The van der Waals surface area contributed by atoms with E-state index in [4.69, 9.17) is 4.52 Å². The smallest absolute Gasteiger partial charge is 0.261 e. The first-order valence-corrected chi connectivity index (χ1v) is 11.0. The van der Waals surface area contributed by atoms with E-state index in [1.54, 1.807) is 4.31 Å². The van der Waals surface area contributed by atoms with Crippen molar-refractivity contribution in [2.45, 2.75) is 51.0 Å². The summed E-state index contributed by atoms with van der Waals surface area (Å²) < 4.78 is 36.2. The molecule has 0 amide bonds. The van der Waals surface area contributed by atoms with Gasteiger partial charge in [0.25, 0.3) is 5.89 Å². The van der Waals surface area contributed by atoms with Crippen molar-refractivity contribution in [3.63, 3.8) is 0 Å². The van der Waals surface area contributed by atoms with Crippen molar-refractivity contribution in [2.24, 2.45) is 0 Å². The number of hydrogen-bond acceptors (Lipinski definition) is 6. The molecule has 0 atom stereocenters. The minimum atomic E-state index is -3.64. The van der Waals surface area contributed by atoms with Crippen LogP contribution in [-0.4, -0.2) is 65.6 Å². The average molecular weight is 394 g/mol. The first-order valence-electron chi connectivity index (χ1n) is 9.57. The number of piperazine rings is 1. The normalized spacial score (nSPS) is 19.7. The molecule has 1 saturated carbocycles. The number of nitrogens with zero attached hydrogens (tertiary/aromatic N) is 5. The Bertz CT molecular complexity index is 950. The van der Waals surface area contributed by atoms with E-state index in [1.807, 2.05) is 32.4 Å². The van der Waals surface area contributed by atoms with E-state index < -0.39 is 10.0 Å². The van der Waals surface area contributed by atoms with Crippen molar-refractivity contribution in [2.75, 3.05) is 33.2 Å². The molecule has 9 heteroatoms. The lowest BCUT2D eigenvalue weighted by atomic mass is 10.2. The van der Waals surface area contributed by atoms with E-state index in [9.17, 15) is 8.42 Å². The summed E-state index contributed by atoms with van der Waals surface area (Å²) in [5.74, 6) is 1.36. The lowest BCUT2D eigenvalue weighted by molar-refractivity contribution is 0.222. The number of likely N-dealkylation sites (N-methyl/N-ethyl adjacent to an activating group) is 1. The van der Waals surface area contributed by atoms with Crippen LogP contribution in [0.3, 0.4) is 0 Å². The number of sulfonamides is 1. The maximum Gasteiger partial charge on any atom is 0.261 e. The fourth-order valence-electron chi connectivity index (χ4n) is 3.90. The predicted molar refractivity (Wildman–Crippen MR) is 101 cm³/mol. The highest BCUT2D eigenvalue weighted by molar-refractivity contribution is 7.89. The van der Waals surface area contributed by atoms with Crippen LogP contribution in [0.1, 0.15) is 42.9 Å². The summed E-state index contributed by atoms with van der Waals surface area (Å²) in [4.78, 5) is 7.00. The Labute approximate surface area is 160 Å². The Hall–Kier alpha value is -1.71. The van der Waals surface area contributed by atoms with Crippen molar-refractivity contribution in [1.82, 2.24) is 23.9 Å². The summed E-state index contributed by atoms with van der Waals surface area (Å²) in [5.41, 5.74) is 2.15. The fourth-order valence-corrected chi connectivity index (χ4v) is 5.78. The van der Waals surface area contributed by atoms with Gasteiger partial charge in [-0.2, -0.15) is 9.29 Å². The Morgan fingerprint density at radius 2 is 1.78 bits per heavy atom. The van der Waals surface area contributed by atoms with E-state index in [2.05, 4.69) is 15.0 Å². The molecule has 0 radical (unpaired) electrons. The summed E-state index contributed by atoms with van der Waals surface area (Å²) in [5, 5.41) is 4.10. The average Bonchev–Trinajstić information content (AvgIpc) is 3.31. The third kappa shape index (κ3) is 3.11. The lowest BCUT2D eigenvalue weighted by Crippen LogP contribution is -2.47. The monoisotopic (exact) mass is 393 g/mol. The second kappa shape index (κ2) is 6.72. The Kier molecular flexibility index (Phi) is 4.64. The number of aromatic nitrogens is 3. The lowest BCUT2D eigenvalue weighted by Gasteiger charge is -2.31. The molecule has 3 heterocycles. The van der Waals surface area contributed by atoms with Crippen LogP contribution in [0.4, 0.5) is 0 Å². The minimum Gasteiger partial charge on any atom is -0.347 e. The third-order valence-corrected chi connectivity index (χ3v) is 7.76. The van der Waals surface area contributed by atoms with Gasteiger partial charge in [0.1, 0.15) is 4.90 Å². The van der Waals surface area contributed by atoms with E-state index in [1.165, 1.54) is 0 Å². The summed E-state index contributed by atoms with van der Waals surface area (Å²) in [6.45, 7) is 8.93. The highest BCUT2D eigenvalue weighted by Gasteiger charge is 2.37. The highest BCUT2D eigenvalue weighted by atomic mass is 32.2. The maximum absolute atomic E-state index is 13.5. The molecule has 27 heavy (non-hydrogen) atoms. The Morgan fingerprint density at radius 1 is 1.11 bits per heavy atom. The molecule has 2 aromatic heterocycles. The van der Waals surface area contributed by atoms with Crippen LogP contribution in [0.15, 0.2) is 9.42 Å². The van der Waals surface area contributed by atoms with Gasteiger partial charge in [-0.05, 0) is 40.7 Å². The van der Waals surface area contributed by atoms with Crippen molar-refractivity contribution in [1.29, 1.82) is 0 Å². The molecule has 2 aliphatic rings. The fraction of sp³-hybridized carbons (Fsp3) is 0.667. The van der Waals surface area contributed by atoms with E-state index in [0.717, 1.165) is 37.3 Å². The van der Waals surface area contributed by atoms with Crippen LogP contribution in [0.2, 0.25) is 0 Å². The summed E-state index contributed by atoms with van der Waals surface area (Å²) in [6.07, 6.45) is 2.14. The van der Waals surface area contributed by atoms with Gasteiger partial charge in [0.15, 0.2) is 5.82 Å². The summed E-state index contributed by atoms with van der Waals surface area (Å²) in [7, 11) is -1.63. The molecule has 4 rings (SSSR count). The van der Waals surface area contributed by atoms with Crippen molar-refractivity contribution in [3.8, 4) is 11.5 Å². The number of rotatable bonds is 5. The van der Waals surface area contributed by atoms with Crippen LogP contribution in [0.25, 0.3) is 11.5 Å². The summed E-state index contributed by atoms with van der Waals surface area (Å²) >= 11 is 0. The molecule has 1 aliphatic heterocycles. The van der Waals surface area contributed by atoms with Gasteiger partial charge in [0.05, 0.1) is 5.56 Å². The van der Waals surface area contributed by atoms with Crippen molar-refractivity contribution < 1.29 is 12.9 Å². The standard InChI is InChI=1S/C18H27N5O3S/c1-5-23-12(2)15(18-19-17(20-26-18)14-6-7-14)16(13(23)3)27(24,25)22-10-8-21(4)9-11-22/h14H,5-11H2,1-4H3. The zero-order valence-corrected chi connectivity index (χ0v) is 17.2. The molecule has 2 fully saturated rings. The van der Waals surface area contributed by atoms with Crippen LogP contribution in [0, 0.1) is 13.8 Å². The zero-order valence-electron chi connectivity index (χ0n) is 16.4. The van der Waals surface area contributed by atoms with Gasteiger partial charge in [-0.15, -0.1) is 0 Å². The SMILES string of the molecule is CCn1c(C)c(-c2nc(C3CC3)no2)c(S(=O)(=O)N2CCN(C)CC2)c1C. The van der Waals surface area contributed by atoms with Gasteiger partial charge >= 0.3 is 0 Å². The molecule has 1 saturated heterocycles. The molecule has 2 aromatic rings. The van der Waals surface area contributed by atoms with Gasteiger partial charge < -0.3 is 14.0 Å². The first-order chi connectivity index (χ1) is 12.8. The van der Waals surface area contributed by atoms with Crippen LogP contribution >= 0.6 is 0 Å². The third-order valence-electron chi connectivity index (χ3n) is 5.70. The molecular formula is C18H27N5O3S. The largest absolute Gasteiger partial charge is 0.347 e. The first kappa shape index (κ1) is 18.6. The topological polar surface area (TPSA) is 84.5 Å². The quantitative estimate of drug-likeness (QED) is 0.772. The van der Waals surface area contributed by atoms with E-state index in [0.29, 0.717) is 47.7 Å². The van der Waals surface area contributed by atoms with E-state index in [-0.39, 0.29) is 0 Å². The van der Waals surface area contributed by atoms with Gasteiger partial charge in [-0.1, -0.05) is 5.16 Å². The van der Waals surface area contributed by atoms with Crippen molar-refractivity contribution in [3.05, 3.63) is 17.2 Å². The molecule has 1 aliphatic carbocycles. The van der Waals surface area contributed by atoms with Gasteiger partial charge in [-0.25, -0.2) is 8.42 Å². The molecule has 0 aromatic carbocycles. The second-order valence-electron chi connectivity index (χ2n) is 7.56. The molecule has 0 bridgehead atoms. The maximum atomic E-state index is 13.5. The van der Waals surface area contributed by atoms with Gasteiger partial charge in [0.2, 0.25) is 10.0 Å². The molecule has 0 unspecified atom stereocenters. The van der Waals surface area contributed by atoms with Crippen LogP contribution < -0.4 is 0 Å². The van der Waals surface area contributed by atoms with Crippen LogP contribution in [0.5, 0.6) is 0 Å². The zero-order chi connectivity index (χ0) is 19.3. The van der Waals surface area contributed by atoms with Crippen molar-refractivity contribution >= 4 is 10.0 Å². The molecule has 148 valence electrons.